The van der Waals surface area contributed by atoms with Crippen LogP contribution in [0.15, 0.2) is 54.7 Å². The van der Waals surface area contributed by atoms with Crippen molar-refractivity contribution in [3.8, 4) is 11.5 Å². The van der Waals surface area contributed by atoms with E-state index in [1.54, 1.807) is 18.3 Å². The van der Waals surface area contributed by atoms with E-state index >= 15 is 0 Å². The lowest BCUT2D eigenvalue weighted by Crippen LogP contribution is -2.32. The molecule has 0 radical (unpaired) electrons. The molecule has 0 aliphatic heterocycles. The SMILES string of the molecule is CCOc1ccc(OCCNC(=O)COC(=O)c2c[nH]c3ccccc23)cc1. The third-order valence-electron chi connectivity index (χ3n) is 3.97. The van der Waals surface area contributed by atoms with Gasteiger partial charge in [0.15, 0.2) is 6.61 Å². The van der Waals surface area contributed by atoms with E-state index in [-0.39, 0.29) is 12.5 Å². The fourth-order valence-electron chi connectivity index (χ4n) is 2.66. The van der Waals surface area contributed by atoms with E-state index in [2.05, 4.69) is 10.3 Å². The molecule has 3 aromatic rings. The lowest BCUT2D eigenvalue weighted by molar-refractivity contribution is -0.124. The molecule has 1 aromatic heterocycles. The molecular formula is C21H22N2O5. The summed E-state index contributed by atoms with van der Waals surface area (Å²) in [6, 6.07) is 14.6. The van der Waals surface area contributed by atoms with Crippen LogP contribution in [-0.2, 0) is 9.53 Å². The van der Waals surface area contributed by atoms with Crippen molar-refractivity contribution in [2.24, 2.45) is 0 Å². The third-order valence-corrected chi connectivity index (χ3v) is 3.97. The number of H-pyrrole nitrogens is 1. The predicted octanol–water partition coefficient (Wildman–Crippen LogP) is 2.92. The normalized spacial score (nSPS) is 10.5. The molecule has 0 spiro atoms. The van der Waals surface area contributed by atoms with Gasteiger partial charge in [0.2, 0.25) is 0 Å². The summed E-state index contributed by atoms with van der Waals surface area (Å²) in [6.07, 6.45) is 1.58. The number of fused-ring (bicyclic) bond motifs is 1. The average molecular weight is 382 g/mol. The summed E-state index contributed by atoms with van der Waals surface area (Å²) in [4.78, 5) is 27.0. The van der Waals surface area contributed by atoms with E-state index in [0.717, 1.165) is 16.7 Å². The monoisotopic (exact) mass is 382 g/mol. The molecule has 0 aliphatic rings. The van der Waals surface area contributed by atoms with Gasteiger partial charge in [0.05, 0.1) is 18.7 Å². The molecule has 2 aromatic carbocycles. The van der Waals surface area contributed by atoms with Crippen LogP contribution in [0.25, 0.3) is 10.9 Å². The van der Waals surface area contributed by atoms with Gasteiger partial charge in [0.1, 0.15) is 18.1 Å². The third kappa shape index (κ3) is 5.03. The largest absolute Gasteiger partial charge is 0.494 e. The topological polar surface area (TPSA) is 89.7 Å². The van der Waals surface area contributed by atoms with Crippen molar-refractivity contribution in [1.29, 1.82) is 0 Å². The second-order valence-corrected chi connectivity index (χ2v) is 5.93. The lowest BCUT2D eigenvalue weighted by atomic mass is 10.2. The molecule has 0 atom stereocenters. The predicted molar refractivity (Wildman–Crippen MR) is 105 cm³/mol. The van der Waals surface area contributed by atoms with Crippen LogP contribution in [-0.4, -0.2) is 43.2 Å². The Bertz CT molecular complexity index is 933. The highest BCUT2D eigenvalue weighted by atomic mass is 16.5. The van der Waals surface area contributed by atoms with E-state index in [0.29, 0.717) is 31.1 Å². The Morgan fingerprint density at radius 2 is 1.71 bits per heavy atom. The van der Waals surface area contributed by atoms with E-state index < -0.39 is 5.97 Å². The summed E-state index contributed by atoms with van der Waals surface area (Å²) in [7, 11) is 0. The maximum atomic E-state index is 12.2. The second kappa shape index (κ2) is 9.45. The summed E-state index contributed by atoms with van der Waals surface area (Å²) < 4.78 is 16.0. The number of aromatic nitrogens is 1. The Balaban J connectivity index is 1.37. The van der Waals surface area contributed by atoms with Gasteiger partial charge >= 0.3 is 5.97 Å². The van der Waals surface area contributed by atoms with Crippen LogP contribution < -0.4 is 14.8 Å². The van der Waals surface area contributed by atoms with Gasteiger partial charge < -0.3 is 24.5 Å². The van der Waals surface area contributed by atoms with Gasteiger partial charge in [-0.25, -0.2) is 4.79 Å². The molecule has 28 heavy (non-hydrogen) atoms. The van der Waals surface area contributed by atoms with Crippen LogP contribution in [0, 0.1) is 0 Å². The summed E-state index contributed by atoms with van der Waals surface area (Å²) in [5, 5.41) is 3.41. The van der Waals surface area contributed by atoms with Crippen LogP contribution >= 0.6 is 0 Å². The zero-order chi connectivity index (χ0) is 19.8. The first kappa shape index (κ1) is 19.3. The summed E-state index contributed by atoms with van der Waals surface area (Å²) in [6.45, 7) is 2.79. The van der Waals surface area contributed by atoms with Crippen molar-refractivity contribution in [3.05, 3.63) is 60.3 Å². The minimum Gasteiger partial charge on any atom is -0.494 e. The smallest absolute Gasteiger partial charge is 0.340 e. The molecule has 0 fully saturated rings. The Labute approximate surface area is 162 Å². The van der Waals surface area contributed by atoms with Crippen LogP contribution in [0.1, 0.15) is 17.3 Å². The van der Waals surface area contributed by atoms with Crippen molar-refractivity contribution < 1.29 is 23.8 Å². The first-order chi connectivity index (χ1) is 13.7. The number of rotatable bonds is 9. The molecule has 0 aliphatic carbocycles. The van der Waals surface area contributed by atoms with E-state index in [9.17, 15) is 9.59 Å². The van der Waals surface area contributed by atoms with Crippen molar-refractivity contribution >= 4 is 22.8 Å². The Kier molecular flexibility index (Phi) is 6.51. The molecule has 2 N–H and O–H groups in total. The highest BCUT2D eigenvalue weighted by Gasteiger charge is 2.14. The molecule has 7 heteroatoms. The van der Waals surface area contributed by atoms with Gasteiger partial charge in [-0.1, -0.05) is 18.2 Å². The highest BCUT2D eigenvalue weighted by Crippen LogP contribution is 2.18. The molecule has 0 unspecified atom stereocenters. The number of carbonyl (C=O) groups excluding carboxylic acids is 2. The second-order valence-electron chi connectivity index (χ2n) is 5.93. The van der Waals surface area contributed by atoms with E-state index in [4.69, 9.17) is 14.2 Å². The zero-order valence-corrected chi connectivity index (χ0v) is 15.6. The van der Waals surface area contributed by atoms with Gasteiger partial charge in [-0.3, -0.25) is 4.79 Å². The summed E-state index contributed by atoms with van der Waals surface area (Å²) in [5.74, 6) is 0.533. The van der Waals surface area contributed by atoms with Crippen molar-refractivity contribution in [3.63, 3.8) is 0 Å². The standard InChI is InChI=1S/C21H22N2O5/c1-2-26-15-7-9-16(10-8-15)27-12-11-22-20(24)14-28-21(25)18-13-23-19-6-4-3-5-17(18)19/h3-10,13,23H,2,11-12,14H2,1H3,(H,22,24). The molecule has 0 saturated carbocycles. The first-order valence-electron chi connectivity index (χ1n) is 9.03. The number of nitrogens with one attached hydrogen (secondary N) is 2. The van der Waals surface area contributed by atoms with E-state index in [1.165, 1.54) is 0 Å². The number of hydrogen-bond acceptors (Lipinski definition) is 5. The maximum Gasteiger partial charge on any atom is 0.340 e. The van der Waals surface area contributed by atoms with Crippen LogP contribution in [0.5, 0.6) is 11.5 Å². The Morgan fingerprint density at radius 1 is 1.00 bits per heavy atom. The number of amides is 1. The number of ether oxygens (including phenoxy) is 3. The summed E-state index contributed by atoms with van der Waals surface area (Å²) >= 11 is 0. The molecular weight excluding hydrogens is 360 g/mol. The number of hydrogen-bond donors (Lipinski definition) is 2. The molecule has 3 rings (SSSR count). The van der Waals surface area contributed by atoms with Gasteiger partial charge in [-0.15, -0.1) is 0 Å². The van der Waals surface area contributed by atoms with Gasteiger partial charge in [-0.05, 0) is 37.3 Å². The molecule has 0 bridgehead atoms. The van der Waals surface area contributed by atoms with Crippen molar-refractivity contribution in [1.82, 2.24) is 10.3 Å². The number of esters is 1. The zero-order valence-electron chi connectivity index (χ0n) is 15.6. The Morgan fingerprint density at radius 3 is 2.46 bits per heavy atom. The van der Waals surface area contributed by atoms with Gasteiger partial charge in [0.25, 0.3) is 5.91 Å². The molecule has 1 heterocycles. The van der Waals surface area contributed by atoms with Crippen LogP contribution in [0.3, 0.4) is 0 Å². The first-order valence-corrected chi connectivity index (χ1v) is 9.03. The molecule has 0 saturated heterocycles. The van der Waals surface area contributed by atoms with Gasteiger partial charge in [-0.2, -0.15) is 0 Å². The fraction of sp³-hybridized carbons (Fsp3) is 0.238. The lowest BCUT2D eigenvalue weighted by Gasteiger charge is -2.09. The highest BCUT2D eigenvalue weighted by molar-refractivity contribution is 6.04. The fourth-order valence-corrected chi connectivity index (χ4v) is 2.66. The maximum absolute atomic E-state index is 12.2. The molecule has 7 nitrogen and oxygen atoms in total. The average Bonchev–Trinajstić information content (AvgIpc) is 3.15. The summed E-state index contributed by atoms with van der Waals surface area (Å²) in [5.41, 5.74) is 1.24. The van der Waals surface area contributed by atoms with Crippen molar-refractivity contribution in [2.45, 2.75) is 6.92 Å². The van der Waals surface area contributed by atoms with Crippen molar-refractivity contribution in [2.75, 3.05) is 26.4 Å². The Hall–Kier alpha value is -3.48. The molecule has 1 amide bonds. The minimum absolute atomic E-state index is 0.302. The number of carbonyl (C=O) groups is 2. The van der Waals surface area contributed by atoms with E-state index in [1.807, 2.05) is 43.3 Å². The number of benzene rings is 2. The number of para-hydroxylation sites is 1. The van der Waals surface area contributed by atoms with Crippen LogP contribution in [0.4, 0.5) is 0 Å². The quantitative estimate of drug-likeness (QED) is 0.439. The van der Waals surface area contributed by atoms with Gasteiger partial charge in [0, 0.05) is 17.1 Å². The molecule has 146 valence electrons. The van der Waals surface area contributed by atoms with Crippen LogP contribution in [0.2, 0.25) is 0 Å². The minimum atomic E-state index is -0.543. The number of aromatic amines is 1.